The molecule has 0 saturated heterocycles. The van der Waals surface area contributed by atoms with Crippen LogP contribution in [-0.2, 0) is 0 Å². The average molecular weight is 172 g/mol. The summed E-state index contributed by atoms with van der Waals surface area (Å²) in [5.41, 5.74) is 5.73. The highest BCUT2D eigenvalue weighted by Crippen LogP contribution is 2.31. The standard InChI is InChI=1S/C9H20N2O/c1-9(2,7-10)11(5-6-12)8-3-4-8/h8,12H,3-7,10H2,1-2H3. The fourth-order valence-corrected chi connectivity index (χ4v) is 1.59. The maximum Gasteiger partial charge on any atom is 0.0558 e. The zero-order valence-corrected chi connectivity index (χ0v) is 8.08. The molecule has 0 aliphatic heterocycles. The van der Waals surface area contributed by atoms with E-state index in [2.05, 4.69) is 18.7 Å². The lowest BCUT2D eigenvalue weighted by atomic mass is 10.0. The second-order valence-corrected chi connectivity index (χ2v) is 4.16. The lowest BCUT2D eigenvalue weighted by molar-refractivity contribution is 0.0905. The summed E-state index contributed by atoms with van der Waals surface area (Å²) in [7, 11) is 0. The van der Waals surface area contributed by atoms with Crippen molar-refractivity contribution in [1.82, 2.24) is 4.90 Å². The predicted molar refractivity (Wildman–Crippen MR) is 49.9 cm³/mol. The summed E-state index contributed by atoms with van der Waals surface area (Å²) < 4.78 is 0. The van der Waals surface area contributed by atoms with Gasteiger partial charge in [-0.05, 0) is 26.7 Å². The fraction of sp³-hybridized carbons (Fsp3) is 1.00. The van der Waals surface area contributed by atoms with Gasteiger partial charge in [-0.3, -0.25) is 4.90 Å². The third-order valence-corrected chi connectivity index (χ3v) is 2.61. The van der Waals surface area contributed by atoms with Crippen LogP contribution in [0.3, 0.4) is 0 Å². The summed E-state index contributed by atoms with van der Waals surface area (Å²) in [6, 6.07) is 0.677. The van der Waals surface area contributed by atoms with Crippen molar-refractivity contribution in [2.24, 2.45) is 5.73 Å². The number of hydrogen-bond donors (Lipinski definition) is 2. The number of β-amino-alcohol motifs (C(OH)–C–C–N with tert-alkyl or cyclic N) is 1. The Balaban J connectivity index is 2.50. The molecule has 12 heavy (non-hydrogen) atoms. The molecular formula is C9H20N2O. The van der Waals surface area contributed by atoms with Crippen LogP contribution in [0.2, 0.25) is 0 Å². The van der Waals surface area contributed by atoms with E-state index >= 15 is 0 Å². The summed E-state index contributed by atoms with van der Waals surface area (Å²) in [6.07, 6.45) is 2.53. The van der Waals surface area contributed by atoms with E-state index in [0.29, 0.717) is 12.6 Å². The molecule has 0 radical (unpaired) electrons. The van der Waals surface area contributed by atoms with Gasteiger partial charge >= 0.3 is 0 Å². The van der Waals surface area contributed by atoms with Crippen LogP contribution >= 0.6 is 0 Å². The van der Waals surface area contributed by atoms with E-state index in [1.165, 1.54) is 12.8 Å². The summed E-state index contributed by atoms with van der Waals surface area (Å²) in [5.74, 6) is 0. The topological polar surface area (TPSA) is 49.5 Å². The van der Waals surface area contributed by atoms with Crippen molar-refractivity contribution in [3.05, 3.63) is 0 Å². The van der Waals surface area contributed by atoms with E-state index in [1.54, 1.807) is 0 Å². The molecule has 0 spiro atoms. The molecule has 0 bridgehead atoms. The molecule has 3 heteroatoms. The molecular weight excluding hydrogens is 152 g/mol. The Bertz CT molecular complexity index is 143. The monoisotopic (exact) mass is 172 g/mol. The van der Waals surface area contributed by atoms with Crippen LogP contribution in [0.4, 0.5) is 0 Å². The molecule has 1 rings (SSSR count). The summed E-state index contributed by atoms with van der Waals surface area (Å²) >= 11 is 0. The van der Waals surface area contributed by atoms with Crippen molar-refractivity contribution < 1.29 is 5.11 Å². The minimum atomic E-state index is 0.0455. The molecule has 0 aromatic rings. The van der Waals surface area contributed by atoms with Gasteiger partial charge in [0, 0.05) is 24.7 Å². The smallest absolute Gasteiger partial charge is 0.0558 e. The number of rotatable bonds is 5. The normalized spacial score (nSPS) is 18.8. The number of nitrogens with zero attached hydrogens (tertiary/aromatic N) is 1. The first-order valence-electron chi connectivity index (χ1n) is 4.69. The SMILES string of the molecule is CC(C)(CN)N(CCO)C1CC1. The van der Waals surface area contributed by atoms with Gasteiger partial charge in [0.05, 0.1) is 6.61 Å². The highest BCUT2D eigenvalue weighted by atomic mass is 16.3. The van der Waals surface area contributed by atoms with Gasteiger partial charge in [-0.15, -0.1) is 0 Å². The van der Waals surface area contributed by atoms with E-state index < -0.39 is 0 Å². The van der Waals surface area contributed by atoms with E-state index in [0.717, 1.165) is 6.54 Å². The highest BCUT2D eigenvalue weighted by molar-refractivity contribution is 4.93. The Morgan fingerprint density at radius 3 is 2.42 bits per heavy atom. The third-order valence-electron chi connectivity index (χ3n) is 2.61. The molecule has 72 valence electrons. The van der Waals surface area contributed by atoms with Crippen LogP contribution in [0.5, 0.6) is 0 Å². The minimum absolute atomic E-state index is 0.0455. The quantitative estimate of drug-likeness (QED) is 0.622. The molecule has 1 saturated carbocycles. The van der Waals surface area contributed by atoms with Gasteiger partial charge in [0.25, 0.3) is 0 Å². The zero-order chi connectivity index (χ0) is 9.19. The average Bonchev–Trinajstić information content (AvgIpc) is 2.83. The summed E-state index contributed by atoms with van der Waals surface area (Å²) in [5, 5.41) is 8.89. The minimum Gasteiger partial charge on any atom is -0.395 e. The molecule has 0 unspecified atom stereocenters. The molecule has 0 atom stereocenters. The molecule has 1 aliphatic carbocycles. The Morgan fingerprint density at radius 1 is 1.50 bits per heavy atom. The third kappa shape index (κ3) is 2.19. The van der Waals surface area contributed by atoms with Crippen molar-refractivity contribution in [1.29, 1.82) is 0 Å². The van der Waals surface area contributed by atoms with Crippen LogP contribution in [-0.4, -0.2) is 41.3 Å². The summed E-state index contributed by atoms with van der Waals surface area (Å²) in [6.45, 7) is 5.93. The van der Waals surface area contributed by atoms with Crippen molar-refractivity contribution in [2.45, 2.75) is 38.3 Å². The lowest BCUT2D eigenvalue weighted by Gasteiger charge is -2.37. The largest absolute Gasteiger partial charge is 0.395 e. The Hall–Kier alpha value is -0.120. The Labute approximate surface area is 74.5 Å². The molecule has 1 aliphatic rings. The van der Waals surface area contributed by atoms with Gasteiger partial charge in [0.15, 0.2) is 0 Å². The van der Waals surface area contributed by atoms with Crippen LogP contribution < -0.4 is 5.73 Å². The summed E-state index contributed by atoms with van der Waals surface area (Å²) in [4.78, 5) is 2.33. The first-order chi connectivity index (χ1) is 5.61. The molecule has 0 heterocycles. The predicted octanol–water partition coefficient (Wildman–Crippen LogP) is 0.180. The van der Waals surface area contributed by atoms with Gasteiger partial charge in [0.1, 0.15) is 0 Å². The number of nitrogens with two attached hydrogens (primary N) is 1. The van der Waals surface area contributed by atoms with Crippen molar-refractivity contribution in [3.63, 3.8) is 0 Å². The number of aliphatic hydroxyl groups is 1. The molecule has 3 nitrogen and oxygen atoms in total. The van der Waals surface area contributed by atoms with E-state index in [1.807, 2.05) is 0 Å². The first kappa shape index (κ1) is 9.96. The Morgan fingerprint density at radius 2 is 2.08 bits per heavy atom. The van der Waals surface area contributed by atoms with Crippen LogP contribution in [0.15, 0.2) is 0 Å². The molecule has 1 fully saturated rings. The van der Waals surface area contributed by atoms with Crippen molar-refractivity contribution in [3.8, 4) is 0 Å². The van der Waals surface area contributed by atoms with Crippen LogP contribution in [0.25, 0.3) is 0 Å². The molecule has 0 aromatic carbocycles. The zero-order valence-electron chi connectivity index (χ0n) is 8.08. The van der Waals surface area contributed by atoms with Gasteiger partial charge in [-0.1, -0.05) is 0 Å². The first-order valence-corrected chi connectivity index (χ1v) is 4.69. The van der Waals surface area contributed by atoms with E-state index in [9.17, 15) is 0 Å². The Kier molecular flexibility index (Phi) is 3.09. The number of hydrogen-bond acceptors (Lipinski definition) is 3. The van der Waals surface area contributed by atoms with Crippen LogP contribution in [0.1, 0.15) is 26.7 Å². The van der Waals surface area contributed by atoms with Gasteiger partial charge in [-0.2, -0.15) is 0 Å². The number of aliphatic hydroxyl groups excluding tert-OH is 1. The maximum absolute atomic E-state index is 8.89. The maximum atomic E-state index is 8.89. The van der Waals surface area contributed by atoms with Crippen molar-refractivity contribution in [2.75, 3.05) is 19.7 Å². The highest BCUT2D eigenvalue weighted by Gasteiger charge is 2.36. The molecule has 0 aromatic heterocycles. The van der Waals surface area contributed by atoms with Gasteiger partial charge in [0.2, 0.25) is 0 Å². The second-order valence-electron chi connectivity index (χ2n) is 4.16. The lowest BCUT2D eigenvalue weighted by Crippen LogP contribution is -2.51. The fourth-order valence-electron chi connectivity index (χ4n) is 1.59. The molecule has 3 N–H and O–H groups in total. The van der Waals surface area contributed by atoms with Crippen molar-refractivity contribution >= 4 is 0 Å². The van der Waals surface area contributed by atoms with Crippen LogP contribution in [0, 0.1) is 0 Å². The van der Waals surface area contributed by atoms with Gasteiger partial charge in [-0.25, -0.2) is 0 Å². The van der Waals surface area contributed by atoms with Gasteiger partial charge < -0.3 is 10.8 Å². The molecule has 0 amide bonds. The van der Waals surface area contributed by atoms with E-state index in [4.69, 9.17) is 10.8 Å². The second kappa shape index (κ2) is 3.73. The van der Waals surface area contributed by atoms with E-state index in [-0.39, 0.29) is 12.1 Å².